The van der Waals surface area contributed by atoms with Gasteiger partial charge in [-0.1, -0.05) is 93.0 Å². The Morgan fingerprint density at radius 1 is 1.07 bits per heavy atom. The van der Waals surface area contributed by atoms with Gasteiger partial charge in [0, 0.05) is 23.0 Å². The summed E-state index contributed by atoms with van der Waals surface area (Å²) in [6.07, 6.45) is 1.87. The van der Waals surface area contributed by atoms with Crippen LogP contribution in [0.2, 0.25) is 0 Å². The molecule has 230 valence electrons. The molecule has 1 N–H and O–H groups in total. The van der Waals surface area contributed by atoms with Crippen LogP contribution in [0.3, 0.4) is 0 Å². The Morgan fingerprint density at radius 2 is 1.77 bits per heavy atom. The van der Waals surface area contributed by atoms with Crippen LogP contribution in [0.5, 0.6) is 0 Å². The highest BCUT2D eigenvalue weighted by atomic mass is 16.6. The second-order valence-corrected chi connectivity index (χ2v) is 12.2. The van der Waals surface area contributed by atoms with E-state index in [2.05, 4.69) is 48.0 Å². The Labute approximate surface area is 255 Å². The smallest absolute Gasteiger partial charge is 0.393 e. The molecule has 0 radical (unpaired) electrons. The molecule has 0 spiro atoms. The number of oxime groups is 1. The number of fused-ring (bicyclic) bond motifs is 1. The van der Waals surface area contributed by atoms with Crippen molar-refractivity contribution in [3.8, 4) is 22.5 Å². The lowest BCUT2D eigenvalue weighted by molar-refractivity contribution is 0.0830. The zero-order chi connectivity index (χ0) is 31.6. The average molecular weight is 598 g/mol. The van der Waals surface area contributed by atoms with Crippen molar-refractivity contribution in [2.24, 2.45) is 10.6 Å². The van der Waals surface area contributed by atoms with Gasteiger partial charge < -0.3 is 4.84 Å². The summed E-state index contributed by atoms with van der Waals surface area (Å²) < 4.78 is 8.22. The number of H-pyrrole nitrogens is 1. The van der Waals surface area contributed by atoms with Gasteiger partial charge in [-0.05, 0) is 43.9 Å². The summed E-state index contributed by atoms with van der Waals surface area (Å²) >= 11 is 0. The van der Waals surface area contributed by atoms with Crippen molar-refractivity contribution in [1.82, 2.24) is 29.3 Å². The lowest BCUT2D eigenvalue weighted by Gasteiger charge is -2.23. The standard InChI is InChI=1S/C33H39N7O4/c1-8-11-27-26(18-22-14-16-23(17-15-22)24-12-9-10-13-25(24)29-35-32(42)44-38-29)30(41)39(31-34-21(4)36-40(27)31)19-28(33(5,6)7)37-43-20(2)3/h9-10,12-17,20H,8,11,18-19H2,1-7H3,(H,35,38,42)/b37-28+. The van der Waals surface area contributed by atoms with Gasteiger partial charge in [0.1, 0.15) is 11.9 Å². The molecule has 0 atom stereocenters. The van der Waals surface area contributed by atoms with E-state index < -0.39 is 5.76 Å². The minimum absolute atomic E-state index is 0.0879. The first-order chi connectivity index (χ1) is 21.0. The average Bonchev–Trinajstić information content (AvgIpc) is 3.59. The van der Waals surface area contributed by atoms with Crippen molar-refractivity contribution < 1.29 is 9.36 Å². The molecule has 0 aliphatic carbocycles. The fraction of sp³-hybridized carbons (Fsp3) is 0.394. The Balaban J connectivity index is 1.57. The van der Waals surface area contributed by atoms with Crippen molar-refractivity contribution in [2.75, 3.05) is 0 Å². The molecule has 11 heteroatoms. The van der Waals surface area contributed by atoms with E-state index in [1.54, 1.807) is 4.57 Å². The van der Waals surface area contributed by atoms with Crippen LogP contribution in [0, 0.1) is 12.3 Å². The maximum absolute atomic E-state index is 14.3. The number of aromatic nitrogens is 6. The molecule has 5 aromatic rings. The van der Waals surface area contributed by atoms with Crippen LogP contribution in [0.15, 0.2) is 67.8 Å². The first kappa shape index (κ1) is 30.7. The van der Waals surface area contributed by atoms with E-state index in [-0.39, 0.29) is 23.6 Å². The van der Waals surface area contributed by atoms with Crippen molar-refractivity contribution in [1.29, 1.82) is 0 Å². The summed E-state index contributed by atoms with van der Waals surface area (Å²) in [6, 6.07) is 15.7. The third kappa shape index (κ3) is 6.41. The Kier molecular flexibility index (Phi) is 8.66. The summed E-state index contributed by atoms with van der Waals surface area (Å²) in [5.41, 5.74) is 5.40. The number of nitrogens with zero attached hydrogens (tertiary/aromatic N) is 6. The van der Waals surface area contributed by atoms with Crippen LogP contribution in [0.4, 0.5) is 0 Å². The van der Waals surface area contributed by atoms with Gasteiger partial charge in [-0.25, -0.2) is 9.31 Å². The summed E-state index contributed by atoms with van der Waals surface area (Å²) in [5, 5.41) is 13.0. The largest absolute Gasteiger partial charge is 0.439 e. The van der Waals surface area contributed by atoms with Gasteiger partial charge in [-0.15, -0.1) is 0 Å². The van der Waals surface area contributed by atoms with Gasteiger partial charge in [0.05, 0.1) is 18.0 Å². The number of hydrogen-bond acceptors (Lipinski definition) is 8. The van der Waals surface area contributed by atoms with E-state index in [1.165, 1.54) is 0 Å². The predicted molar refractivity (Wildman–Crippen MR) is 170 cm³/mol. The zero-order valence-electron chi connectivity index (χ0n) is 26.3. The molecule has 3 heterocycles. The van der Waals surface area contributed by atoms with E-state index in [4.69, 9.17) is 14.5 Å². The number of rotatable bonds is 10. The Bertz CT molecular complexity index is 1920. The zero-order valence-corrected chi connectivity index (χ0v) is 26.3. The molecule has 5 rings (SSSR count). The van der Waals surface area contributed by atoms with E-state index in [0.717, 1.165) is 40.1 Å². The fourth-order valence-corrected chi connectivity index (χ4v) is 5.09. The maximum atomic E-state index is 14.3. The first-order valence-corrected chi connectivity index (χ1v) is 14.9. The van der Waals surface area contributed by atoms with Crippen molar-refractivity contribution >= 4 is 11.5 Å². The molecule has 0 fully saturated rings. The van der Waals surface area contributed by atoms with E-state index >= 15 is 0 Å². The Morgan fingerprint density at radius 3 is 2.39 bits per heavy atom. The van der Waals surface area contributed by atoms with Crippen molar-refractivity contribution in [2.45, 2.75) is 80.4 Å². The fourth-order valence-electron chi connectivity index (χ4n) is 5.09. The van der Waals surface area contributed by atoms with Gasteiger partial charge in [0.2, 0.25) is 5.78 Å². The number of hydrogen-bond donors (Lipinski definition) is 1. The molecule has 0 unspecified atom stereocenters. The molecule has 0 aliphatic heterocycles. The van der Waals surface area contributed by atoms with Gasteiger partial charge in [-0.2, -0.15) is 10.1 Å². The highest BCUT2D eigenvalue weighted by Crippen LogP contribution is 2.30. The van der Waals surface area contributed by atoms with Crippen LogP contribution in [0.1, 0.15) is 70.6 Å². The number of benzene rings is 2. The normalized spacial score (nSPS) is 12.4. The topological polar surface area (TPSA) is 133 Å². The molecule has 0 aliphatic rings. The quantitative estimate of drug-likeness (QED) is 0.164. The number of nitrogens with one attached hydrogen (secondary N) is 1. The molecule has 44 heavy (non-hydrogen) atoms. The summed E-state index contributed by atoms with van der Waals surface area (Å²) in [5.74, 6) is 0.857. The summed E-state index contributed by atoms with van der Waals surface area (Å²) in [7, 11) is 0. The third-order valence-corrected chi connectivity index (χ3v) is 7.35. The molecule has 0 bridgehead atoms. The number of aryl methyl sites for hydroxylation is 2. The predicted octanol–water partition coefficient (Wildman–Crippen LogP) is 5.58. The first-order valence-electron chi connectivity index (χ1n) is 14.9. The van der Waals surface area contributed by atoms with Crippen molar-refractivity contribution in [3.63, 3.8) is 0 Å². The molecular formula is C33H39N7O4. The van der Waals surface area contributed by atoms with Crippen LogP contribution in [-0.2, 0) is 24.2 Å². The SMILES string of the molecule is CCCc1c(Cc2ccc(-c3ccccc3-c3noc(=O)[nH]3)cc2)c(=O)n(C/C(=N\OC(C)C)C(C)(C)C)c2nc(C)nn12. The van der Waals surface area contributed by atoms with Gasteiger partial charge in [0.15, 0.2) is 5.82 Å². The molecule has 11 nitrogen and oxygen atoms in total. The van der Waals surface area contributed by atoms with E-state index in [0.29, 0.717) is 35.8 Å². The van der Waals surface area contributed by atoms with Gasteiger partial charge >= 0.3 is 5.76 Å². The second kappa shape index (κ2) is 12.4. The lowest BCUT2D eigenvalue weighted by Crippen LogP contribution is -2.35. The van der Waals surface area contributed by atoms with Crippen LogP contribution in [-0.4, -0.2) is 41.1 Å². The van der Waals surface area contributed by atoms with Gasteiger partial charge in [0.25, 0.3) is 5.56 Å². The molecule has 2 aromatic carbocycles. The highest BCUT2D eigenvalue weighted by molar-refractivity contribution is 5.89. The lowest BCUT2D eigenvalue weighted by atomic mass is 9.90. The Hall–Kier alpha value is -4.80. The van der Waals surface area contributed by atoms with Crippen LogP contribution < -0.4 is 11.3 Å². The van der Waals surface area contributed by atoms with E-state index in [1.807, 2.05) is 73.8 Å². The molecular weight excluding hydrogens is 558 g/mol. The third-order valence-electron chi connectivity index (χ3n) is 7.35. The minimum atomic E-state index is -0.605. The summed E-state index contributed by atoms with van der Waals surface area (Å²) in [4.78, 5) is 38.8. The molecule has 0 saturated carbocycles. The maximum Gasteiger partial charge on any atom is 0.439 e. The van der Waals surface area contributed by atoms with Gasteiger partial charge in [-0.3, -0.25) is 18.9 Å². The highest BCUT2D eigenvalue weighted by Gasteiger charge is 2.26. The minimum Gasteiger partial charge on any atom is -0.393 e. The van der Waals surface area contributed by atoms with Crippen molar-refractivity contribution in [3.05, 3.63) is 92.1 Å². The number of aromatic amines is 1. The molecule has 0 amide bonds. The summed E-state index contributed by atoms with van der Waals surface area (Å²) in [6.45, 7) is 14.2. The van der Waals surface area contributed by atoms with Crippen LogP contribution >= 0.6 is 0 Å². The van der Waals surface area contributed by atoms with Crippen LogP contribution in [0.25, 0.3) is 28.3 Å². The molecule has 0 saturated heterocycles. The van der Waals surface area contributed by atoms with E-state index in [9.17, 15) is 9.59 Å². The second-order valence-electron chi connectivity index (χ2n) is 12.2. The monoisotopic (exact) mass is 597 g/mol. The molecule has 3 aromatic heterocycles.